The molecule has 0 saturated carbocycles. The summed E-state index contributed by atoms with van der Waals surface area (Å²) < 4.78 is 0. The van der Waals surface area contributed by atoms with Crippen molar-refractivity contribution in [3.8, 4) is 0 Å². The Morgan fingerprint density at radius 3 is 2.79 bits per heavy atom. The standard InChI is InChI=1S/C13H18S/c1-4-5-6-7-12-9-8-10(2)13(14)11(12)3/h5-9,11,14H,4H2,1-3H3/b6-5-,12-7-. The Labute approximate surface area is 92.5 Å². The maximum Gasteiger partial charge on any atom is 0.0121 e. The fraction of sp³-hybridized carbons (Fsp3) is 0.385. The van der Waals surface area contributed by atoms with Gasteiger partial charge >= 0.3 is 0 Å². The molecule has 0 spiro atoms. The summed E-state index contributed by atoms with van der Waals surface area (Å²) in [6, 6.07) is 0. The summed E-state index contributed by atoms with van der Waals surface area (Å²) in [6.45, 7) is 6.44. The molecule has 0 aromatic heterocycles. The fourth-order valence-corrected chi connectivity index (χ4v) is 1.69. The highest BCUT2D eigenvalue weighted by atomic mass is 32.1. The zero-order valence-corrected chi connectivity index (χ0v) is 10.0. The van der Waals surface area contributed by atoms with Gasteiger partial charge in [-0.3, -0.25) is 0 Å². The summed E-state index contributed by atoms with van der Waals surface area (Å²) in [5.74, 6) is 0.435. The van der Waals surface area contributed by atoms with Gasteiger partial charge in [0.25, 0.3) is 0 Å². The second-order valence-electron chi connectivity index (χ2n) is 3.63. The molecule has 1 aliphatic carbocycles. The monoisotopic (exact) mass is 206 g/mol. The van der Waals surface area contributed by atoms with Crippen molar-refractivity contribution in [3.63, 3.8) is 0 Å². The molecule has 0 bridgehead atoms. The van der Waals surface area contributed by atoms with Crippen molar-refractivity contribution in [1.82, 2.24) is 0 Å². The molecular formula is C13H18S. The molecule has 0 aromatic rings. The number of hydrogen-bond acceptors (Lipinski definition) is 1. The SMILES string of the molecule is CC/C=C\C=C1\C=CC(C)=C(S)C1C. The van der Waals surface area contributed by atoms with Crippen LogP contribution in [0.25, 0.3) is 0 Å². The van der Waals surface area contributed by atoms with Crippen LogP contribution in [0.5, 0.6) is 0 Å². The van der Waals surface area contributed by atoms with Gasteiger partial charge < -0.3 is 0 Å². The Balaban J connectivity index is 2.82. The summed E-state index contributed by atoms with van der Waals surface area (Å²) in [6.07, 6.45) is 11.9. The van der Waals surface area contributed by atoms with E-state index in [9.17, 15) is 0 Å². The molecule has 14 heavy (non-hydrogen) atoms. The van der Waals surface area contributed by atoms with Crippen molar-refractivity contribution in [2.45, 2.75) is 27.2 Å². The number of rotatable bonds is 2. The Kier molecular flexibility index (Phi) is 4.27. The van der Waals surface area contributed by atoms with Gasteiger partial charge in [0, 0.05) is 5.92 Å². The van der Waals surface area contributed by atoms with E-state index in [0.29, 0.717) is 5.92 Å². The Morgan fingerprint density at radius 1 is 1.43 bits per heavy atom. The van der Waals surface area contributed by atoms with Crippen molar-refractivity contribution in [2.75, 3.05) is 0 Å². The lowest BCUT2D eigenvalue weighted by molar-refractivity contribution is 0.857. The third-order valence-electron chi connectivity index (χ3n) is 2.50. The largest absolute Gasteiger partial charge is 0.147 e. The first-order valence-electron chi connectivity index (χ1n) is 5.11. The summed E-state index contributed by atoms with van der Waals surface area (Å²) in [7, 11) is 0. The molecule has 1 heteroatoms. The topological polar surface area (TPSA) is 0 Å². The van der Waals surface area contributed by atoms with Crippen LogP contribution >= 0.6 is 12.6 Å². The van der Waals surface area contributed by atoms with Crippen LogP contribution < -0.4 is 0 Å². The highest BCUT2D eigenvalue weighted by Crippen LogP contribution is 2.31. The fourth-order valence-electron chi connectivity index (χ4n) is 1.47. The van der Waals surface area contributed by atoms with E-state index in [0.717, 1.165) is 6.42 Å². The summed E-state index contributed by atoms with van der Waals surface area (Å²) in [5, 5.41) is 0. The first-order chi connectivity index (χ1) is 6.66. The van der Waals surface area contributed by atoms with Gasteiger partial charge in [-0.05, 0) is 29.4 Å². The predicted octanol–water partition coefficient (Wildman–Crippen LogP) is 4.29. The van der Waals surface area contributed by atoms with Crippen molar-refractivity contribution < 1.29 is 0 Å². The van der Waals surface area contributed by atoms with Crippen LogP contribution in [-0.4, -0.2) is 0 Å². The highest BCUT2D eigenvalue weighted by Gasteiger charge is 2.13. The zero-order valence-electron chi connectivity index (χ0n) is 9.12. The first kappa shape index (κ1) is 11.4. The van der Waals surface area contributed by atoms with Crippen molar-refractivity contribution in [2.24, 2.45) is 5.92 Å². The van der Waals surface area contributed by atoms with Crippen LogP contribution in [0.3, 0.4) is 0 Å². The van der Waals surface area contributed by atoms with Gasteiger partial charge in [-0.1, -0.05) is 44.2 Å². The maximum absolute atomic E-state index is 4.52. The molecule has 0 nitrogen and oxygen atoms in total. The summed E-state index contributed by atoms with van der Waals surface area (Å²) in [4.78, 5) is 1.18. The number of hydrogen-bond donors (Lipinski definition) is 1. The maximum atomic E-state index is 4.52. The van der Waals surface area contributed by atoms with Crippen molar-refractivity contribution in [3.05, 3.63) is 46.4 Å². The minimum absolute atomic E-state index is 0.435. The lowest BCUT2D eigenvalue weighted by Crippen LogP contribution is -2.03. The Morgan fingerprint density at radius 2 is 2.14 bits per heavy atom. The molecule has 0 aromatic carbocycles. The minimum atomic E-state index is 0.435. The molecule has 1 atom stereocenters. The molecule has 0 aliphatic heterocycles. The van der Waals surface area contributed by atoms with E-state index >= 15 is 0 Å². The highest BCUT2D eigenvalue weighted by molar-refractivity contribution is 7.84. The smallest absolute Gasteiger partial charge is 0.0121 e. The Hall–Kier alpha value is -0.690. The molecule has 0 saturated heterocycles. The molecule has 1 rings (SSSR count). The molecule has 0 N–H and O–H groups in total. The summed E-state index contributed by atoms with van der Waals surface area (Å²) >= 11 is 4.52. The molecular weight excluding hydrogens is 188 g/mol. The van der Waals surface area contributed by atoms with Gasteiger partial charge in [0.15, 0.2) is 0 Å². The lowest BCUT2D eigenvalue weighted by atomic mass is 9.92. The second-order valence-corrected chi connectivity index (χ2v) is 4.11. The molecule has 0 heterocycles. The first-order valence-corrected chi connectivity index (χ1v) is 5.56. The molecule has 0 fully saturated rings. The quantitative estimate of drug-likeness (QED) is 0.640. The number of thiol groups is 1. The van der Waals surface area contributed by atoms with Gasteiger partial charge in [-0.2, -0.15) is 0 Å². The third-order valence-corrected chi connectivity index (χ3v) is 3.24. The van der Waals surface area contributed by atoms with Gasteiger partial charge in [-0.25, -0.2) is 0 Å². The molecule has 1 aliphatic rings. The van der Waals surface area contributed by atoms with Crippen LogP contribution in [0.15, 0.2) is 46.4 Å². The predicted molar refractivity (Wildman–Crippen MR) is 67.5 cm³/mol. The van der Waals surface area contributed by atoms with Crippen LogP contribution in [0, 0.1) is 5.92 Å². The molecule has 76 valence electrons. The van der Waals surface area contributed by atoms with E-state index in [2.05, 4.69) is 63.8 Å². The van der Waals surface area contributed by atoms with Crippen LogP contribution in [0.4, 0.5) is 0 Å². The lowest BCUT2D eigenvalue weighted by Gasteiger charge is -2.19. The van der Waals surface area contributed by atoms with Gasteiger partial charge in [0.2, 0.25) is 0 Å². The van der Waals surface area contributed by atoms with E-state index in [4.69, 9.17) is 0 Å². The summed E-state index contributed by atoms with van der Waals surface area (Å²) in [5.41, 5.74) is 2.61. The third kappa shape index (κ3) is 2.65. The van der Waals surface area contributed by atoms with E-state index in [1.54, 1.807) is 0 Å². The average molecular weight is 206 g/mol. The van der Waals surface area contributed by atoms with Crippen LogP contribution in [0.2, 0.25) is 0 Å². The van der Waals surface area contributed by atoms with Crippen molar-refractivity contribution >= 4 is 12.6 Å². The van der Waals surface area contributed by atoms with Crippen molar-refractivity contribution in [1.29, 1.82) is 0 Å². The van der Waals surface area contributed by atoms with Crippen LogP contribution in [-0.2, 0) is 0 Å². The average Bonchev–Trinajstić information content (AvgIpc) is 2.18. The zero-order chi connectivity index (χ0) is 10.6. The van der Waals surface area contributed by atoms with Gasteiger partial charge in [0.05, 0.1) is 0 Å². The molecule has 0 amide bonds. The van der Waals surface area contributed by atoms with E-state index in [1.165, 1.54) is 16.1 Å². The van der Waals surface area contributed by atoms with E-state index in [1.807, 2.05) is 0 Å². The van der Waals surface area contributed by atoms with Crippen LogP contribution in [0.1, 0.15) is 27.2 Å². The number of allylic oxidation sites excluding steroid dienone is 8. The second kappa shape index (κ2) is 5.26. The molecule has 1 unspecified atom stereocenters. The Bertz CT molecular complexity index is 316. The van der Waals surface area contributed by atoms with Gasteiger partial charge in [-0.15, -0.1) is 12.6 Å². The van der Waals surface area contributed by atoms with Gasteiger partial charge in [0.1, 0.15) is 0 Å². The normalized spacial score (nSPS) is 25.4. The molecule has 0 radical (unpaired) electrons. The van der Waals surface area contributed by atoms with E-state index < -0.39 is 0 Å². The van der Waals surface area contributed by atoms with E-state index in [-0.39, 0.29) is 0 Å². The minimum Gasteiger partial charge on any atom is -0.147 e.